The van der Waals surface area contributed by atoms with Crippen LogP contribution in [-0.2, 0) is 6.54 Å². The molecule has 0 aliphatic rings. The van der Waals surface area contributed by atoms with Crippen molar-refractivity contribution in [1.29, 1.82) is 0 Å². The van der Waals surface area contributed by atoms with Crippen LogP contribution in [-0.4, -0.2) is 20.0 Å². The van der Waals surface area contributed by atoms with Gasteiger partial charge in [-0.15, -0.1) is 0 Å². The van der Waals surface area contributed by atoms with Gasteiger partial charge in [-0.2, -0.15) is 10.2 Å². The van der Waals surface area contributed by atoms with Crippen molar-refractivity contribution in [3.8, 4) is 11.3 Å². The summed E-state index contributed by atoms with van der Waals surface area (Å²) in [6.07, 6.45) is 3.77. The molecule has 0 fully saturated rings. The van der Waals surface area contributed by atoms with Crippen LogP contribution in [0.15, 0.2) is 48.8 Å². The summed E-state index contributed by atoms with van der Waals surface area (Å²) < 4.78 is 1.89. The molecule has 18 heavy (non-hydrogen) atoms. The van der Waals surface area contributed by atoms with Crippen LogP contribution in [0.5, 0.6) is 0 Å². The van der Waals surface area contributed by atoms with Gasteiger partial charge < -0.3 is 5.73 Å². The van der Waals surface area contributed by atoms with Gasteiger partial charge in [0.05, 0.1) is 18.4 Å². The van der Waals surface area contributed by atoms with E-state index < -0.39 is 0 Å². The Morgan fingerprint density at radius 3 is 2.78 bits per heavy atom. The average Bonchev–Trinajstić information content (AvgIpc) is 2.99. The first-order chi connectivity index (χ1) is 8.81. The molecule has 3 N–H and O–H groups in total. The van der Waals surface area contributed by atoms with E-state index in [1.54, 1.807) is 12.3 Å². The monoisotopic (exact) mass is 239 g/mol. The standard InChI is InChI=1S/C13H13N5/c14-13-6-12(16-17-13)11-7-15-18(9-11)8-10-4-2-1-3-5-10/h1-7,9H,8H2,(H3,14,16,17). The molecule has 1 aromatic carbocycles. The lowest BCUT2D eigenvalue weighted by Crippen LogP contribution is -1.99. The average molecular weight is 239 g/mol. The number of hydrogen-bond donors (Lipinski definition) is 2. The third-order valence-corrected chi connectivity index (χ3v) is 2.73. The molecule has 2 heterocycles. The Balaban J connectivity index is 1.82. The highest BCUT2D eigenvalue weighted by molar-refractivity contribution is 5.60. The van der Waals surface area contributed by atoms with E-state index in [0.717, 1.165) is 17.8 Å². The molecule has 0 aliphatic heterocycles. The van der Waals surface area contributed by atoms with Gasteiger partial charge in [0.1, 0.15) is 5.82 Å². The Morgan fingerprint density at radius 2 is 2.06 bits per heavy atom. The maximum Gasteiger partial charge on any atom is 0.145 e. The summed E-state index contributed by atoms with van der Waals surface area (Å²) in [6.45, 7) is 0.754. The first-order valence-electron chi connectivity index (χ1n) is 5.69. The number of benzene rings is 1. The summed E-state index contributed by atoms with van der Waals surface area (Å²) in [6, 6.07) is 12.0. The number of nitrogens with two attached hydrogens (primary N) is 1. The largest absolute Gasteiger partial charge is 0.382 e. The molecule has 90 valence electrons. The minimum absolute atomic E-state index is 0.487. The van der Waals surface area contributed by atoms with E-state index in [4.69, 9.17) is 5.73 Å². The fourth-order valence-electron chi connectivity index (χ4n) is 1.84. The molecule has 0 spiro atoms. The van der Waals surface area contributed by atoms with Gasteiger partial charge in [0, 0.05) is 17.8 Å². The number of aromatic nitrogens is 4. The van der Waals surface area contributed by atoms with Crippen LogP contribution < -0.4 is 5.73 Å². The Bertz CT molecular complexity index is 638. The summed E-state index contributed by atoms with van der Waals surface area (Å²) in [5.41, 5.74) is 8.66. The predicted molar refractivity (Wildman–Crippen MR) is 69.8 cm³/mol. The van der Waals surface area contributed by atoms with Crippen molar-refractivity contribution in [2.75, 3.05) is 5.73 Å². The van der Waals surface area contributed by atoms with Crippen LogP contribution in [0.3, 0.4) is 0 Å². The molecule has 0 aliphatic carbocycles. The van der Waals surface area contributed by atoms with Crippen molar-refractivity contribution in [1.82, 2.24) is 20.0 Å². The second-order valence-electron chi connectivity index (χ2n) is 4.12. The summed E-state index contributed by atoms with van der Waals surface area (Å²) in [4.78, 5) is 0. The van der Waals surface area contributed by atoms with E-state index in [2.05, 4.69) is 27.4 Å². The van der Waals surface area contributed by atoms with Gasteiger partial charge in [0.15, 0.2) is 0 Å². The number of anilines is 1. The van der Waals surface area contributed by atoms with E-state index in [1.165, 1.54) is 5.56 Å². The van der Waals surface area contributed by atoms with E-state index in [1.807, 2.05) is 29.1 Å². The predicted octanol–water partition coefficient (Wildman–Crippen LogP) is 1.90. The van der Waals surface area contributed by atoms with E-state index in [-0.39, 0.29) is 0 Å². The SMILES string of the molecule is Nc1cc(-c2cnn(Cc3ccccc3)c2)[nH]n1. The smallest absolute Gasteiger partial charge is 0.145 e. The fraction of sp³-hybridized carbons (Fsp3) is 0.0769. The Hall–Kier alpha value is -2.56. The highest BCUT2D eigenvalue weighted by Gasteiger charge is 2.04. The van der Waals surface area contributed by atoms with Crippen LogP contribution >= 0.6 is 0 Å². The Labute approximate surface area is 104 Å². The van der Waals surface area contributed by atoms with Crippen LogP contribution in [0.1, 0.15) is 5.56 Å². The minimum Gasteiger partial charge on any atom is -0.382 e. The van der Waals surface area contributed by atoms with E-state index in [9.17, 15) is 0 Å². The third-order valence-electron chi connectivity index (χ3n) is 2.73. The second kappa shape index (κ2) is 4.37. The third kappa shape index (κ3) is 2.10. The number of H-pyrrole nitrogens is 1. The molecule has 3 rings (SSSR count). The molecular weight excluding hydrogens is 226 g/mol. The zero-order chi connectivity index (χ0) is 12.4. The maximum atomic E-state index is 5.58. The Morgan fingerprint density at radius 1 is 1.22 bits per heavy atom. The molecule has 0 amide bonds. The van der Waals surface area contributed by atoms with Crippen molar-refractivity contribution >= 4 is 5.82 Å². The first-order valence-corrected chi connectivity index (χ1v) is 5.69. The summed E-state index contributed by atoms with van der Waals surface area (Å²) in [5.74, 6) is 0.487. The molecule has 0 saturated heterocycles. The number of nitrogen functional groups attached to an aromatic ring is 1. The van der Waals surface area contributed by atoms with Gasteiger partial charge in [-0.05, 0) is 5.56 Å². The number of hydrogen-bond acceptors (Lipinski definition) is 3. The topological polar surface area (TPSA) is 72.5 Å². The molecule has 3 aromatic rings. The lowest BCUT2D eigenvalue weighted by Gasteiger charge is -2.00. The highest BCUT2D eigenvalue weighted by Crippen LogP contribution is 2.17. The molecule has 0 bridgehead atoms. The summed E-state index contributed by atoms with van der Waals surface area (Å²) >= 11 is 0. The zero-order valence-corrected chi connectivity index (χ0v) is 9.74. The fourth-order valence-corrected chi connectivity index (χ4v) is 1.84. The molecule has 0 atom stereocenters. The second-order valence-corrected chi connectivity index (χ2v) is 4.12. The van der Waals surface area contributed by atoms with Crippen molar-refractivity contribution in [2.24, 2.45) is 0 Å². The lowest BCUT2D eigenvalue weighted by atomic mass is 10.2. The molecule has 0 saturated carbocycles. The molecule has 5 heteroatoms. The quantitative estimate of drug-likeness (QED) is 0.733. The Kier molecular flexibility index (Phi) is 2.57. The molecule has 2 aromatic heterocycles. The van der Waals surface area contributed by atoms with Gasteiger partial charge in [-0.1, -0.05) is 30.3 Å². The van der Waals surface area contributed by atoms with E-state index >= 15 is 0 Å². The molecular formula is C13H13N5. The van der Waals surface area contributed by atoms with Gasteiger partial charge in [-0.3, -0.25) is 9.78 Å². The van der Waals surface area contributed by atoms with Crippen molar-refractivity contribution in [2.45, 2.75) is 6.54 Å². The number of nitrogens with zero attached hydrogens (tertiary/aromatic N) is 3. The van der Waals surface area contributed by atoms with Crippen molar-refractivity contribution in [3.05, 3.63) is 54.4 Å². The van der Waals surface area contributed by atoms with E-state index in [0.29, 0.717) is 5.82 Å². The normalized spacial score (nSPS) is 10.7. The summed E-state index contributed by atoms with van der Waals surface area (Å²) in [5, 5.41) is 11.1. The lowest BCUT2D eigenvalue weighted by molar-refractivity contribution is 0.687. The van der Waals surface area contributed by atoms with Crippen LogP contribution in [0.4, 0.5) is 5.82 Å². The van der Waals surface area contributed by atoms with Crippen LogP contribution in [0.2, 0.25) is 0 Å². The molecule has 5 nitrogen and oxygen atoms in total. The first kappa shape index (κ1) is 10.6. The zero-order valence-electron chi connectivity index (χ0n) is 9.74. The van der Waals surface area contributed by atoms with Crippen LogP contribution in [0.25, 0.3) is 11.3 Å². The summed E-state index contributed by atoms with van der Waals surface area (Å²) in [7, 11) is 0. The molecule has 0 radical (unpaired) electrons. The highest BCUT2D eigenvalue weighted by atomic mass is 15.3. The van der Waals surface area contributed by atoms with Crippen molar-refractivity contribution in [3.63, 3.8) is 0 Å². The number of aromatic amines is 1. The van der Waals surface area contributed by atoms with Gasteiger partial charge >= 0.3 is 0 Å². The molecule has 0 unspecified atom stereocenters. The van der Waals surface area contributed by atoms with Crippen LogP contribution in [0, 0.1) is 0 Å². The number of nitrogens with one attached hydrogen (secondary N) is 1. The van der Waals surface area contributed by atoms with Gasteiger partial charge in [0.2, 0.25) is 0 Å². The number of rotatable bonds is 3. The van der Waals surface area contributed by atoms with Gasteiger partial charge in [0.25, 0.3) is 0 Å². The minimum atomic E-state index is 0.487. The van der Waals surface area contributed by atoms with Crippen molar-refractivity contribution < 1.29 is 0 Å². The van der Waals surface area contributed by atoms with Gasteiger partial charge in [-0.25, -0.2) is 0 Å². The maximum absolute atomic E-state index is 5.58.